The molecule has 29 heavy (non-hydrogen) atoms. The van der Waals surface area contributed by atoms with Gasteiger partial charge in [-0.25, -0.2) is 9.97 Å². The largest absolute Gasteiger partial charge is 0.416 e. The molecule has 2 atom stereocenters. The first-order valence-corrected chi connectivity index (χ1v) is 9.54. The molecule has 1 aromatic heterocycles. The number of nitrogens with two attached hydrogens (primary N) is 1. The van der Waals surface area contributed by atoms with E-state index in [1.165, 1.54) is 18.5 Å². The zero-order valence-corrected chi connectivity index (χ0v) is 15.7. The van der Waals surface area contributed by atoms with E-state index in [-0.39, 0.29) is 12.0 Å². The van der Waals surface area contributed by atoms with Gasteiger partial charge in [0.15, 0.2) is 0 Å². The van der Waals surface area contributed by atoms with Crippen molar-refractivity contribution in [2.24, 2.45) is 5.73 Å². The molecule has 2 heterocycles. The highest BCUT2D eigenvalue weighted by Crippen LogP contribution is 2.34. The first kappa shape index (κ1) is 19.6. The molecule has 0 aliphatic carbocycles. The highest BCUT2D eigenvalue weighted by atomic mass is 19.4. The monoisotopic (exact) mass is 401 g/mol. The number of piperidine rings is 1. The molecule has 5 nitrogen and oxygen atoms in total. The van der Waals surface area contributed by atoms with E-state index in [0.717, 1.165) is 35.5 Å². The predicted octanol–water partition coefficient (Wildman–Crippen LogP) is 3.66. The quantitative estimate of drug-likeness (QED) is 0.622. The van der Waals surface area contributed by atoms with Crippen molar-refractivity contribution in [2.75, 3.05) is 18.4 Å². The number of para-hydroxylation sites is 1. The van der Waals surface area contributed by atoms with Crippen molar-refractivity contribution in [3.8, 4) is 0 Å². The van der Waals surface area contributed by atoms with Crippen molar-refractivity contribution in [1.29, 1.82) is 0 Å². The summed E-state index contributed by atoms with van der Waals surface area (Å²) in [6.07, 6.45) is -2.14. The van der Waals surface area contributed by atoms with Gasteiger partial charge in [0.1, 0.15) is 12.1 Å². The molecular weight excluding hydrogens is 379 g/mol. The number of anilines is 1. The maximum absolute atomic E-state index is 13.2. The van der Waals surface area contributed by atoms with Crippen molar-refractivity contribution < 1.29 is 13.2 Å². The molecule has 3 aromatic rings. The molecule has 1 aliphatic rings. The minimum absolute atomic E-state index is 0.0683. The lowest BCUT2D eigenvalue weighted by Crippen LogP contribution is -2.44. The summed E-state index contributed by atoms with van der Waals surface area (Å²) in [7, 11) is 0. The van der Waals surface area contributed by atoms with Crippen LogP contribution in [-0.4, -0.2) is 29.1 Å². The van der Waals surface area contributed by atoms with Crippen LogP contribution in [0.25, 0.3) is 10.9 Å². The number of hydrogen-bond acceptors (Lipinski definition) is 5. The molecule has 1 fully saturated rings. The van der Waals surface area contributed by atoms with Crippen LogP contribution in [0.15, 0.2) is 48.8 Å². The number of nitrogens with zero attached hydrogens (tertiary/aromatic N) is 2. The van der Waals surface area contributed by atoms with Gasteiger partial charge >= 0.3 is 6.18 Å². The van der Waals surface area contributed by atoms with E-state index < -0.39 is 11.7 Å². The fraction of sp³-hybridized carbons (Fsp3) is 0.333. The fourth-order valence-electron chi connectivity index (χ4n) is 3.96. The second-order valence-corrected chi connectivity index (χ2v) is 7.21. The molecule has 0 unspecified atom stereocenters. The summed E-state index contributed by atoms with van der Waals surface area (Å²) in [5, 5.41) is 7.62. The molecule has 2 aromatic carbocycles. The Labute approximate surface area is 166 Å². The van der Waals surface area contributed by atoms with Gasteiger partial charge in [-0.15, -0.1) is 0 Å². The van der Waals surface area contributed by atoms with Crippen LogP contribution in [0.5, 0.6) is 0 Å². The number of hydrogen-bond donors (Lipinski definition) is 3. The van der Waals surface area contributed by atoms with E-state index in [0.29, 0.717) is 24.5 Å². The smallest absolute Gasteiger partial charge is 0.365 e. The van der Waals surface area contributed by atoms with E-state index in [4.69, 9.17) is 5.73 Å². The van der Waals surface area contributed by atoms with Gasteiger partial charge < -0.3 is 16.4 Å². The average Bonchev–Trinajstić information content (AvgIpc) is 2.73. The Hall–Kier alpha value is -2.71. The lowest BCUT2D eigenvalue weighted by atomic mass is 9.85. The number of fused-ring (bicyclic) bond motifs is 1. The van der Waals surface area contributed by atoms with Gasteiger partial charge in [0.25, 0.3) is 0 Å². The zero-order valence-electron chi connectivity index (χ0n) is 15.7. The molecule has 0 bridgehead atoms. The number of benzene rings is 2. The number of alkyl halides is 3. The highest BCUT2D eigenvalue weighted by molar-refractivity contribution is 5.91. The van der Waals surface area contributed by atoms with Crippen LogP contribution in [0.4, 0.5) is 19.0 Å². The Morgan fingerprint density at radius 2 is 1.97 bits per heavy atom. The van der Waals surface area contributed by atoms with E-state index in [1.54, 1.807) is 6.07 Å². The molecule has 0 radical (unpaired) electrons. The van der Waals surface area contributed by atoms with Gasteiger partial charge in [-0.05, 0) is 36.2 Å². The first-order valence-electron chi connectivity index (χ1n) is 9.54. The van der Waals surface area contributed by atoms with Crippen LogP contribution in [0.2, 0.25) is 0 Å². The van der Waals surface area contributed by atoms with E-state index in [2.05, 4.69) is 20.6 Å². The van der Waals surface area contributed by atoms with Gasteiger partial charge in [-0.1, -0.05) is 30.3 Å². The molecule has 0 amide bonds. The molecule has 1 aliphatic heterocycles. The Morgan fingerprint density at radius 1 is 1.14 bits per heavy atom. The van der Waals surface area contributed by atoms with Gasteiger partial charge in [0, 0.05) is 30.4 Å². The summed E-state index contributed by atoms with van der Waals surface area (Å²) in [4.78, 5) is 8.74. The Morgan fingerprint density at radius 3 is 2.76 bits per heavy atom. The lowest BCUT2D eigenvalue weighted by molar-refractivity contribution is -0.137. The Balaban J connectivity index is 1.67. The Kier molecular flexibility index (Phi) is 5.38. The van der Waals surface area contributed by atoms with Crippen LogP contribution in [0.3, 0.4) is 0 Å². The number of halogens is 3. The van der Waals surface area contributed by atoms with Crippen molar-refractivity contribution in [3.05, 3.63) is 65.5 Å². The van der Waals surface area contributed by atoms with Gasteiger partial charge in [0.05, 0.1) is 11.1 Å². The standard InChI is InChI=1S/C21H22F3N5/c22-21(23,24)15-5-1-3-13(9-15)16-7-8-26-11-18(16)29-20-17-6-2-4-14(10-25)19(17)27-12-28-20/h1-6,9,12,16,18,26H,7-8,10-11,25H2,(H,27,28,29)/t16-,18+/m0/s1. The van der Waals surface area contributed by atoms with Gasteiger partial charge in [0.2, 0.25) is 0 Å². The topological polar surface area (TPSA) is 75.9 Å². The van der Waals surface area contributed by atoms with Crippen molar-refractivity contribution >= 4 is 16.7 Å². The van der Waals surface area contributed by atoms with E-state index in [9.17, 15) is 13.2 Å². The molecule has 8 heteroatoms. The summed E-state index contributed by atoms with van der Waals surface area (Å²) >= 11 is 0. The zero-order chi connectivity index (χ0) is 20.4. The summed E-state index contributed by atoms with van der Waals surface area (Å²) in [6.45, 7) is 1.75. The molecule has 4 N–H and O–H groups in total. The SMILES string of the molecule is NCc1cccc2c(N[C@@H]3CNCC[C@H]3c3cccc(C(F)(F)F)c3)ncnc12. The maximum Gasteiger partial charge on any atom is 0.416 e. The first-order chi connectivity index (χ1) is 14.0. The van der Waals surface area contributed by atoms with Gasteiger partial charge in [-0.3, -0.25) is 0 Å². The number of aromatic nitrogens is 2. The van der Waals surface area contributed by atoms with Crippen molar-refractivity contribution in [2.45, 2.75) is 31.1 Å². The maximum atomic E-state index is 13.2. The van der Waals surface area contributed by atoms with Crippen molar-refractivity contribution in [1.82, 2.24) is 15.3 Å². The molecule has 0 spiro atoms. The summed E-state index contributed by atoms with van der Waals surface area (Å²) < 4.78 is 39.5. The minimum atomic E-state index is -4.35. The normalized spacial score (nSPS) is 20.0. The number of nitrogens with one attached hydrogen (secondary N) is 2. The van der Waals surface area contributed by atoms with Gasteiger partial charge in [-0.2, -0.15) is 13.2 Å². The van der Waals surface area contributed by atoms with E-state index in [1.807, 2.05) is 18.2 Å². The third-order valence-electron chi connectivity index (χ3n) is 5.41. The third kappa shape index (κ3) is 4.04. The summed E-state index contributed by atoms with van der Waals surface area (Å²) in [6, 6.07) is 11.3. The molecule has 4 rings (SSSR count). The van der Waals surface area contributed by atoms with Crippen LogP contribution in [-0.2, 0) is 12.7 Å². The van der Waals surface area contributed by atoms with Crippen LogP contribution in [0.1, 0.15) is 29.0 Å². The number of rotatable bonds is 4. The average molecular weight is 401 g/mol. The summed E-state index contributed by atoms with van der Waals surface area (Å²) in [5.41, 5.74) is 7.58. The van der Waals surface area contributed by atoms with Crippen LogP contribution in [0, 0.1) is 0 Å². The molecule has 1 saturated heterocycles. The van der Waals surface area contributed by atoms with Crippen LogP contribution >= 0.6 is 0 Å². The molecule has 0 saturated carbocycles. The second-order valence-electron chi connectivity index (χ2n) is 7.21. The highest BCUT2D eigenvalue weighted by Gasteiger charge is 2.33. The van der Waals surface area contributed by atoms with Crippen LogP contribution < -0.4 is 16.4 Å². The lowest BCUT2D eigenvalue weighted by Gasteiger charge is -2.34. The Bertz CT molecular complexity index is 1010. The molecule has 152 valence electrons. The van der Waals surface area contributed by atoms with E-state index >= 15 is 0 Å². The third-order valence-corrected chi connectivity index (χ3v) is 5.41. The molecular formula is C21H22F3N5. The summed E-state index contributed by atoms with van der Waals surface area (Å²) in [5.74, 6) is 0.595. The van der Waals surface area contributed by atoms with Crippen molar-refractivity contribution in [3.63, 3.8) is 0 Å². The fourth-order valence-corrected chi connectivity index (χ4v) is 3.96. The second kappa shape index (κ2) is 7.96. The minimum Gasteiger partial charge on any atom is -0.365 e. The predicted molar refractivity (Wildman–Crippen MR) is 107 cm³/mol.